The molecule has 1 saturated heterocycles. The minimum Gasteiger partial charge on any atom is -0.504 e. The van der Waals surface area contributed by atoms with Gasteiger partial charge in [0.05, 0.1) is 18.7 Å². The highest BCUT2D eigenvalue weighted by atomic mass is 16.6. The Bertz CT molecular complexity index is 1160. The molecule has 1 aromatic carbocycles. The molecule has 0 radical (unpaired) electrons. The predicted octanol–water partition coefficient (Wildman–Crippen LogP) is 3.26. The molecule has 160 valence electrons. The fourth-order valence-corrected chi connectivity index (χ4v) is 4.16. The highest BCUT2D eigenvalue weighted by molar-refractivity contribution is 5.91. The second-order valence-corrected chi connectivity index (χ2v) is 7.76. The van der Waals surface area contributed by atoms with E-state index in [0.717, 1.165) is 41.6 Å². The maximum Gasteiger partial charge on any atom is 0.414 e. The zero-order valence-corrected chi connectivity index (χ0v) is 16.9. The number of benzene rings is 1. The molecule has 9 nitrogen and oxygen atoms in total. The van der Waals surface area contributed by atoms with Crippen LogP contribution < -0.4 is 10.2 Å². The number of nitrogens with one attached hydrogen (secondary N) is 1. The Hall–Kier alpha value is -3.75. The average Bonchev–Trinajstić information content (AvgIpc) is 3.42. The maximum absolute atomic E-state index is 12.4. The number of nitrogens with zero attached hydrogens (tertiary/aromatic N) is 2. The van der Waals surface area contributed by atoms with Gasteiger partial charge in [-0.2, -0.15) is 0 Å². The van der Waals surface area contributed by atoms with Crippen LogP contribution in [0.15, 0.2) is 39.7 Å². The lowest BCUT2D eigenvalue weighted by Crippen LogP contribution is -2.33. The fraction of sp³-hybridized carbons (Fsp3) is 0.318. The molecule has 1 aliphatic heterocycles. The highest BCUT2D eigenvalue weighted by Gasteiger charge is 2.33. The van der Waals surface area contributed by atoms with E-state index < -0.39 is 6.09 Å². The van der Waals surface area contributed by atoms with Gasteiger partial charge in [0.2, 0.25) is 5.91 Å². The second-order valence-electron chi connectivity index (χ2n) is 7.76. The standard InChI is InChI=1S/C22H21N3O6/c1-12(26)23-8-15-9-25(22(28)30-15)14-5-6-16-13(7-14)3-2-4-17-20(24-31-21(16)17)18-10-29-11-19(18)27/h5-7,10-11,15,27H,2-4,8-9H2,1H3,(H,23,26). The zero-order chi connectivity index (χ0) is 21.5. The smallest absolute Gasteiger partial charge is 0.414 e. The van der Waals surface area contributed by atoms with Crippen molar-refractivity contribution in [1.29, 1.82) is 0 Å². The van der Waals surface area contributed by atoms with Crippen molar-refractivity contribution in [1.82, 2.24) is 10.5 Å². The first kappa shape index (κ1) is 19.2. The summed E-state index contributed by atoms with van der Waals surface area (Å²) in [6.45, 7) is 2.08. The lowest BCUT2D eigenvalue weighted by atomic mass is 10.0. The number of aromatic nitrogens is 1. The summed E-state index contributed by atoms with van der Waals surface area (Å²) >= 11 is 0. The van der Waals surface area contributed by atoms with Gasteiger partial charge in [0.1, 0.15) is 24.3 Å². The molecule has 0 spiro atoms. The fourth-order valence-electron chi connectivity index (χ4n) is 4.16. The van der Waals surface area contributed by atoms with Crippen LogP contribution in [0.4, 0.5) is 10.5 Å². The molecule has 9 heteroatoms. The topological polar surface area (TPSA) is 118 Å². The van der Waals surface area contributed by atoms with Crippen molar-refractivity contribution in [2.75, 3.05) is 18.0 Å². The molecular weight excluding hydrogens is 402 g/mol. The van der Waals surface area contributed by atoms with Crippen LogP contribution in [0.1, 0.15) is 24.5 Å². The largest absolute Gasteiger partial charge is 0.504 e. The molecular formula is C22H21N3O6. The van der Waals surface area contributed by atoms with Gasteiger partial charge in [-0.15, -0.1) is 0 Å². The third kappa shape index (κ3) is 3.41. The monoisotopic (exact) mass is 423 g/mol. The number of anilines is 1. The van der Waals surface area contributed by atoms with Crippen molar-refractivity contribution >= 4 is 17.7 Å². The van der Waals surface area contributed by atoms with Crippen molar-refractivity contribution in [2.24, 2.45) is 0 Å². The molecule has 1 unspecified atom stereocenters. The van der Waals surface area contributed by atoms with Crippen LogP contribution >= 0.6 is 0 Å². The Morgan fingerprint density at radius 3 is 2.94 bits per heavy atom. The number of carbonyl (C=O) groups excluding carboxylic acids is 2. The number of rotatable bonds is 4. The van der Waals surface area contributed by atoms with Crippen LogP contribution in [0.3, 0.4) is 0 Å². The molecule has 5 rings (SSSR count). The van der Waals surface area contributed by atoms with E-state index in [1.165, 1.54) is 19.5 Å². The minimum absolute atomic E-state index is 0.0253. The second kappa shape index (κ2) is 7.50. The van der Waals surface area contributed by atoms with Gasteiger partial charge < -0.3 is 24.1 Å². The van der Waals surface area contributed by atoms with Gasteiger partial charge in [-0.1, -0.05) is 5.16 Å². The number of amides is 2. The molecule has 3 aromatic rings. The molecule has 1 fully saturated rings. The van der Waals surface area contributed by atoms with Crippen LogP contribution in [0, 0.1) is 0 Å². The molecule has 2 N–H and O–H groups in total. The number of hydrogen-bond acceptors (Lipinski definition) is 7. The van der Waals surface area contributed by atoms with Crippen LogP contribution in [0.25, 0.3) is 22.6 Å². The summed E-state index contributed by atoms with van der Waals surface area (Å²) in [6.07, 6.45) is 4.32. The Morgan fingerprint density at radius 1 is 1.29 bits per heavy atom. The Balaban J connectivity index is 1.44. The summed E-state index contributed by atoms with van der Waals surface area (Å²) in [5.41, 5.74) is 4.73. The van der Waals surface area contributed by atoms with Crippen molar-refractivity contribution in [3.05, 3.63) is 41.9 Å². The summed E-state index contributed by atoms with van der Waals surface area (Å²) in [4.78, 5) is 25.1. The molecule has 1 aliphatic carbocycles. The van der Waals surface area contributed by atoms with Gasteiger partial charge >= 0.3 is 6.09 Å². The Labute approximate surface area is 177 Å². The van der Waals surface area contributed by atoms with Gasteiger partial charge in [-0.05, 0) is 43.0 Å². The van der Waals surface area contributed by atoms with Gasteiger partial charge in [0, 0.05) is 23.7 Å². The number of furan rings is 1. The molecule has 1 atom stereocenters. The molecule has 2 aromatic heterocycles. The lowest BCUT2D eigenvalue weighted by Gasteiger charge is -2.15. The summed E-state index contributed by atoms with van der Waals surface area (Å²) in [5, 5.41) is 16.9. The third-order valence-corrected chi connectivity index (χ3v) is 5.66. The van der Waals surface area contributed by atoms with Crippen LogP contribution in [0.5, 0.6) is 5.75 Å². The van der Waals surface area contributed by atoms with E-state index in [0.29, 0.717) is 23.6 Å². The normalized spacial score (nSPS) is 17.6. The van der Waals surface area contributed by atoms with Crippen molar-refractivity contribution < 1.29 is 28.4 Å². The number of hydrogen-bond donors (Lipinski definition) is 2. The quantitative estimate of drug-likeness (QED) is 0.661. The zero-order valence-electron chi connectivity index (χ0n) is 16.9. The highest BCUT2D eigenvalue weighted by Crippen LogP contribution is 2.41. The number of carbonyl (C=O) groups is 2. The summed E-state index contributed by atoms with van der Waals surface area (Å²) in [5.74, 6) is 0.532. The first-order chi connectivity index (χ1) is 15.0. The maximum atomic E-state index is 12.4. The van der Waals surface area contributed by atoms with E-state index >= 15 is 0 Å². The molecule has 0 bridgehead atoms. The van der Waals surface area contributed by atoms with Gasteiger partial charge in [-0.25, -0.2) is 4.79 Å². The van der Waals surface area contributed by atoms with E-state index in [-0.39, 0.29) is 24.3 Å². The number of aryl methyl sites for hydroxylation is 1. The van der Waals surface area contributed by atoms with Crippen LogP contribution in [-0.2, 0) is 22.4 Å². The number of ether oxygens (including phenoxy) is 1. The first-order valence-corrected chi connectivity index (χ1v) is 10.1. The van der Waals surface area contributed by atoms with E-state index in [1.54, 1.807) is 4.90 Å². The van der Waals surface area contributed by atoms with Crippen molar-refractivity contribution in [3.63, 3.8) is 0 Å². The van der Waals surface area contributed by atoms with Crippen LogP contribution in [0.2, 0.25) is 0 Å². The van der Waals surface area contributed by atoms with Crippen LogP contribution in [-0.4, -0.2) is 41.5 Å². The first-order valence-electron chi connectivity index (χ1n) is 10.1. The minimum atomic E-state index is -0.429. The van der Waals surface area contributed by atoms with Gasteiger partial charge in [0.25, 0.3) is 0 Å². The van der Waals surface area contributed by atoms with Crippen molar-refractivity contribution in [3.8, 4) is 28.3 Å². The Kier molecular flexibility index (Phi) is 4.65. The van der Waals surface area contributed by atoms with E-state index in [2.05, 4.69) is 10.5 Å². The molecule has 2 aliphatic rings. The SMILES string of the molecule is CC(=O)NCC1CN(c2ccc3c(c2)CCCc2c(-c4cocc4O)noc2-3)C(=O)O1. The number of fused-ring (bicyclic) bond motifs is 3. The number of aromatic hydroxyl groups is 1. The molecule has 2 amide bonds. The molecule has 3 heterocycles. The molecule has 0 saturated carbocycles. The van der Waals surface area contributed by atoms with Crippen molar-refractivity contribution in [2.45, 2.75) is 32.3 Å². The molecule has 31 heavy (non-hydrogen) atoms. The predicted molar refractivity (Wildman–Crippen MR) is 110 cm³/mol. The summed E-state index contributed by atoms with van der Waals surface area (Å²) in [7, 11) is 0. The lowest BCUT2D eigenvalue weighted by molar-refractivity contribution is -0.119. The van der Waals surface area contributed by atoms with E-state index in [4.69, 9.17) is 13.7 Å². The van der Waals surface area contributed by atoms with Gasteiger partial charge in [-0.3, -0.25) is 9.69 Å². The summed E-state index contributed by atoms with van der Waals surface area (Å²) in [6, 6.07) is 5.75. The summed E-state index contributed by atoms with van der Waals surface area (Å²) < 4.78 is 16.1. The van der Waals surface area contributed by atoms with Gasteiger partial charge in [0.15, 0.2) is 11.5 Å². The van der Waals surface area contributed by atoms with E-state index in [9.17, 15) is 14.7 Å². The third-order valence-electron chi connectivity index (χ3n) is 5.66. The van der Waals surface area contributed by atoms with E-state index in [1.807, 2.05) is 18.2 Å². The number of cyclic esters (lactones) is 1. The average molecular weight is 423 g/mol. The Morgan fingerprint density at radius 2 is 2.16 bits per heavy atom.